The number of amides is 1. The Balaban J connectivity index is 1.96. The van der Waals surface area contributed by atoms with Crippen molar-refractivity contribution in [2.45, 2.75) is 26.9 Å². The van der Waals surface area contributed by atoms with Crippen LogP contribution in [0.2, 0.25) is 0 Å². The first kappa shape index (κ1) is 17.6. The molecule has 1 N–H and O–H groups in total. The fourth-order valence-electron chi connectivity index (χ4n) is 2.13. The van der Waals surface area contributed by atoms with Gasteiger partial charge in [-0.3, -0.25) is 4.79 Å². The maximum absolute atomic E-state index is 12.3. The lowest BCUT2D eigenvalue weighted by molar-refractivity contribution is -0.122. The van der Waals surface area contributed by atoms with Gasteiger partial charge in [0, 0.05) is 5.69 Å². The van der Waals surface area contributed by atoms with Crippen LogP contribution in [0, 0.1) is 13.8 Å². The molecule has 4 heteroatoms. The summed E-state index contributed by atoms with van der Waals surface area (Å²) >= 11 is 0. The molecule has 1 amide bonds. The van der Waals surface area contributed by atoms with Gasteiger partial charge in [-0.1, -0.05) is 24.8 Å². The van der Waals surface area contributed by atoms with Gasteiger partial charge in [0.05, 0.1) is 0 Å². The number of carbonyl (C=O) groups is 1. The normalized spacial score (nSPS) is 11.5. The Kier molecular flexibility index (Phi) is 6.01. The lowest BCUT2D eigenvalue weighted by Gasteiger charge is -2.17. The summed E-state index contributed by atoms with van der Waals surface area (Å²) in [5.41, 5.74) is 2.87. The van der Waals surface area contributed by atoms with Crippen LogP contribution < -0.4 is 14.8 Å². The number of hydrogen-bond donors (Lipinski definition) is 1. The Bertz CT molecular complexity index is 707. The minimum Gasteiger partial charge on any atom is -0.490 e. The van der Waals surface area contributed by atoms with Crippen LogP contribution in [0.5, 0.6) is 11.5 Å². The van der Waals surface area contributed by atoms with Crippen molar-refractivity contribution in [3.63, 3.8) is 0 Å². The van der Waals surface area contributed by atoms with Crippen molar-refractivity contribution < 1.29 is 14.3 Å². The van der Waals surface area contributed by atoms with Crippen molar-refractivity contribution >= 4 is 11.6 Å². The molecule has 0 aliphatic carbocycles. The molecule has 1 atom stereocenters. The molecule has 0 bridgehead atoms. The highest BCUT2D eigenvalue weighted by molar-refractivity contribution is 5.94. The summed E-state index contributed by atoms with van der Waals surface area (Å²) in [4.78, 5) is 12.3. The standard InChI is InChI=1S/C20H23NO3/c1-5-13-23-18-11-9-17(10-12-18)21-20(22)16(4)24-19-8-6-7-14(2)15(19)3/h5-12,16H,1,13H2,2-4H3,(H,21,22)/t16-/m0/s1. The highest BCUT2D eigenvalue weighted by Crippen LogP contribution is 2.22. The smallest absolute Gasteiger partial charge is 0.265 e. The van der Waals surface area contributed by atoms with E-state index in [1.54, 1.807) is 37.3 Å². The minimum atomic E-state index is -0.595. The predicted molar refractivity (Wildman–Crippen MR) is 96.8 cm³/mol. The Morgan fingerprint density at radius 1 is 1.21 bits per heavy atom. The first-order valence-electron chi connectivity index (χ1n) is 7.88. The van der Waals surface area contributed by atoms with E-state index in [0.29, 0.717) is 12.3 Å². The van der Waals surface area contributed by atoms with Gasteiger partial charge >= 0.3 is 0 Å². The largest absolute Gasteiger partial charge is 0.490 e. The van der Waals surface area contributed by atoms with E-state index in [-0.39, 0.29) is 5.91 Å². The van der Waals surface area contributed by atoms with Crippen molar-refractivity contribution in [1.82, 2.24) is 0 Å². The van der Waals surface area contributed by atoms with E-state index in [0.717, 1.165) is 22.6 Å². The molecule has 24 heavy (non-hydrogen) atoms. The maximum Gasteiger partial charge on any atom is 0.265 e. The highest BCUT2D eigenvalue weighted by Gasteiger charge is 2.16. The number of carbonyl (C=O) groups excluding carboxylic acids is 1. The molecular formula is C20H23NO3. The van der Waals surface area contributed by atoms with E-state index in [9.17, 15) is 4.79 Å². The van der Waals surface area contributed by atoms with Gasteiger partial charge in [-0.25, -0.2) is 0 Å². The highest BCUT2D eigenvalue weighted by atomic mass is 16.5. The number of nitrogens with one attached hydrogen (secondary N) is 1. The Morgan fingerprint density at radius 3 is 2.58 bits per heavy atom. The first-order chi connectivity index (χ1) is 11.5. The molecule has 0 aromatic heterocycles. The number of ether oxygens (including phenoxy) is 2. The lowest BCUT2D eigenvalue weighted by atomic mass is 10.1. The van der Waals surface area contributed by atoms with Gasteiger partial charge in [0.1, 0.15) is 18.1 Å². The van der Waals surface area contributed by atoms with Crippen LogP contribution in [-0.2, 0) is 4.79 Å². The van der Waals surface area contributed by atoms with Crippen molar-refractivity contribution in [3.8, 4) is 11.5 Å². The van der Waals surface area contributed by atoms with Crippen LogP contribution in [0.25, 0.3) is 0 Å². The fourth-order valence-corrected chi connectivity index (χ4v) is 2.13. The van der Waals surface area contributed by atoms with Crippen molar-refractivity contribution in [3.05, 3.63) is 66.2 Å². The van der Waals surface area contributed by atoms with Gasteiger partial charge in [0.15, 0.2) is 6.10 Å². The van der Waals surface area contributed by atoms with Crippen molar-refractivity contribution in [2.75, 3.05) is 11.9 Å². The van der Waals surface area contributed by atoms with Crippen LogP contribution in [-0.4, -0.2) is 18.6 Å². The van der Waals surface area contributed by atoms with Crippen molar-refractivity contribution in [2.24, 2.45) is 0 Å². The lowest BCUT2D eigenvalue weighted by Crippen LogP contribution is -2.30. The summed E-state index contributed by atoms with van der Waals surface area (Å²) in [7, 11) is 0. The molecule has 0 radical (unpaired) electrons. The molecule has 0 saturated carbocycles. The number of rotatable bonds is 7. The third-order valence-corrected chi connectivity index (χ3v) is 3.72. The molecule has 0 aliphatic heterocycles. The van der Waals surface area contributed by atoms with Gasteiger partial charge in [-0.05, 0) is 62.2 Å². The van der Waals surface area contributed by atoms with Gasteiger partial charge < -0.3 is 14.8 Å². The molecule has 0 heterocycles. The van der Waals surface area contributed by atoms with Crippen LogP contribution in [0.3, 0.4) is 0 Å². The van der Waals surface area contributed by atoms with Gasteiger partial charge in [-0.15, -0.1) is 0 Å². The third kappa shape index (κ3) is 4.62. The van der Waals surface area contributed by atoms with Gasteiger partial charge in [0.25, 0.3) is 5.91 Å². The third-order valence-electron chi connectivity index (χ3n) is 3.72. The monoisotopic (exact) mass is 325 g/mol. The molecule has 2 rings (SSSR count). The molecule has 0 aliphatic rings. The molecular weight excluding hydrogens is 302 g/mol. The number of anilines is 1. The Labute approximate surface area is 143 Å². The second-order valence-electron chi connectivity index (χ2n) is 5.57. The second kappa shape index (κ2) is 8.20. The zero-order valence-corrected chi connectivity index (χ0v) is 14.3. The Hall–Kier alpha value is -2.75. The van der Waals surface area contributed by atoms with Crippen LogP contribution in [0.15, 0.2) is 55.1 Å². The number of hydrogen-bond acceptors (Lipinski definition) is 3. The summed E-state index contributed by atoms with van der Waals surface area (Å²) in [6, 6.07) is 13.0. The van der Waals surface area contributed by atoms with E-state index in [4.69, 9.17) is 9.47 Å². The fraction of sp³-hybridized carbons (Fsp3) is 0.250. The Morgan fingerprint density at radius 2 is 1.92 bits per heavy atom. The van der Waals surface area contributed by atoms with Crippen LogP contribution >= 0.6 is 0 Å². The topological polar surface area (TPSA) is 47.6 Å². The average molecular weight is 325 g/mol. The number of benzene rings is 2. The van der Waals surface area contributed by atoms with Crippen molar-refractivity contribution in [1.29, 1.82) is 0 Å². The summed E-state index contributed by atoms with van der Waals surface area (Å²) in [6.07, 6.45) is 1.09. The molecule has 126 valence electrons. The SMILES string of the molecule is C=CCOc1ccc(NC(=O)[C@H](C)Oc2cccc(C)c2C)cc1. The summed E-state index contributed by atoms with van der Waals surface area (Å²) < 4.78 is 11.2. The van der Waals surface area contributed by atoms with E-state index < -0.39 is 6.10 Å². The molecule has 4 nitrogen and oxygen atoms in total. The zero-order chi connectivity index (χ0) is 17.5. The number of aryl methyl sites for hydroxylation is 1. The second-order valence-corrected chi connectivity index (χ2v) is 5.57. The maximum atomic E-state index is 12.3. The molecule has 0 saturated heterocycles. The molecule has 0 spiro atoms. The summed E-state index contributed by atoms with van der Waals surface area (Å²) in [5, 5.41) is 2.84. The van der Waals surface area contributed by atoms with E-state index in [1.165, 1.54) is 0 Å². The quantitative estimate of drug-likeness (QED) is 0.773. The molecule has 0 unspecified atom stereocenters. The van der Waals surface area contributed by atoms with Crippen LogP contribution in [0.4, 0.5) is 5.69 Å². The minimum absolute atomic E-state index is 0.198. The molecule has 2 aromatic carbocycles. The average Bonchev–Trinajstić information content (AvgIpc) is 2.58. The first-order valence-corrected chi connectivity index (χ1v) is 7.88. The summed E-state index contributed by atoms with van der Waals surface area (Å²) in [6.45, 7) is 9.79. The molecule has 0 fully saturated rings. The predicted octanol–water partition coefficient (Wildman–Crippen LogP) is 4.27. The summed E-state index contributed by atoms with van der Waals surface area (Å²) in [5.74, 6) is 1.26. The van der Waals surface area contributed by atoms with E-state index in [2.05, 4.69) is 11.9 Å². The zero-order valence-electron chi connectivity index (χ0n) is 14.3. The molecule has 2 aromatic rings. The van der Waals surface area contributed by atoms with Gasteiger partial charge in [0.2, 0.25) is 0 Å². The van der Waals surface area contributed by atoms with Crippen LogP contribution in [0.1, 0.15) is 18.1 Å². The van der Waals surface area contributed by atoms with E-state index in [1.807, 2.05) is 32.0 Å². The van der Waals surface area contributed by atoms with Gasteiger partial charge in [-0.2, -0.15) is 0 Å². The van der Waals surface area contributed by atoms with E-state index >= 15 is 0 Å².